The van der Waals surface area contributed by atoms with Gasteiger partial charge in [-0.25, -0.2) is 12.8 Å². The van der Waals surface area contributed by atoms with Crippen molar-refractivity contribution in [1.82, 2.24) is 0 Å². The molecule has 3 aromatic rings. The SMILES string of the molecule is CC(=O)Nc1ccc(Oc2ccc(S(=O)(=O)c3ccc(F)cc3)cc2)cc1. The van der Waals surface area contributed by atoms with Gasteiger partial charge in [0.1, 0.15) is 17.3 Å². The van der Waals surface area contributed by atoms with Crippen molar-refractivity contribution in [3.05, 3.63) is 78.6 Å². The fourth-order valence-corrected chi connectivity index (χ4v) is 3.64. The summed E-state index contributed by atoms with van der Waals surface area (Å²) in [4.78, 5) is 11.1. The van der Waals surface area contributed by atoms with Gasteiger partial charge in [-0.15, -0.1) is 0 Å². The zero-order valence-electron chi connectivity index (χ0n) is 14.3. The average molecular weight is 385 g/mol. The van der Waals surface area contributed by atoms with Crippen molar-refractivity contribution >= 4 is 21.4 Å². The molecule has 3 rings (SSSR count). The van der Waals surface area contributed by atoms with E-state index in [-0.39, 0.29) is 15.7 Å². The Morgan fingerprint density at radius 2 is 1.26 bits per heavy atom. The van der Waals surface area contributed by atoms with E-state index in [0.29, 0.717) is 17.2 Å². The highest BCUT2D eigenvalue weighted by Crippen LogP contribution is 2.27. The second-order valence-corrected chi connectivity index (χ2v) is 7.69. The van der Waals surface area contributed by atoms with Gasteiger partial charge in [0.25, 0.3) is 0 Å². The summed E-state index contributed by atoms with van der Waals surface area (Å²) in [6.07, 6.45) is 0. The normalized spacial score (nSPS) is 11.0. The first-order valence-electron chi connectivity index (χ1n) is 8.01. The maximum absolute atomic E-state index is 13.0. The Balaban J connectivity index is 1.75. The highest BCUT2D eigenvalue weighted by molar-refractivity contribution is 7.91. The van der Waals surface area contributed by atoms with E-state index < -0.39 is 15.7 Å². The number of anilines is 1. The van der Waals surface area contributed by atoms with E-state index in [1.165, 1.54) is 43.3 Å². The second-order valence-electron chi connectivity index (χ2n) is 5.74. The summed E-state index contributed by atoms with van der Waals surface area (Å²) in [5.41, 5.74) is 0.649. The number of rotatable bonds is 5. The number of sulfone groups is 1. The third kappa shape index (κ3) is 4.51. The number of hydrogen-bond donors (Lipinski definition) is 1. The summed E-state index contributed by atoms with van der Waals surface area (Å²) >= 11 is 0. The molecule has 3 aromatic carbocycles. The van der Waals surface area contributed by atoms with Crippen LogP contribution in [0.4, 0.5) is 10.1 Å². The first kappa shape index (κ1) is 18.6. The zero-order chi connectivity index (χ0) is 19.4. The molecule has 1 amide bonds. The van der Waals surface area contributed by atoms with Crippen molar-refractivity contribution in [2.75, 3.05) is 5.32 Å². The van der Waals surface area contributed by atoms with Crippen LogP contribution in [0.3, 0.4) is 0 Å². The van der Waals surface area contributed by atoms with Crippen molar-refractivity contribution in [1.29, 1.82) is 0 Å². The van der Waals surface area contributed by atoms with E-state index in [1.807, 2.05) is 0 Å². The highest BCUT2D eigenvalue weighted by atomic mass is 32.2. The molecule has 0 bridgehead atoms. The van der Waals surface area contributed by atoms with E-state index in [1.54, 1.807) is 24.3 Å². The number of halogens is 1. The van der Waals surface area contributed by atoms with Crippen LogP contribution < -0.4 is 10.1 Å². The van der Waals surface area contributed by atoms with Crippen LogP contribution in [0, 0.1) is 5.82 Å². The number of benzene rings is 3. The minimum atomic E-state index is -3.72. The molecule has 0 aliphatic heterocycles. The summed E-state index contributed by atoms with van der Waals surface area (Å²) in [6.45, 7) is 1.42. The van der Waals surface area contributed by atoms with E-state index in [4.69, 9.17) is 4.74 Å². The largest absolute Gasteiger partial charge is 0.457 e. The molecule has 0 radical (unpaired) electrons. The number of hydrogen-bond acceptors (Lipinski definition) is 4. The summed E-state index contributed by atoms with van der Waals surface area (Å²) in [7, 11) is -3.72. The van der Waals surface area contributed by atoms with Gasteiger partial charge in [0.2, 0.25) is 15.7 Å². The Bertz CT molecular complexity index is 1040. The predicted octanol–water partition coefficient (Wildman–Crippen LogP) is 4.41. The van der Waals surface area contributed by atoms with Gasteiger partial charge in [0.05, 0.1) is 9.79 Å². The van der Waals surface area contributed by atoms with Gasteiger partial charge < -0.3 is 10.1 Å². The smallest absolute Gasteiger partial charge is 0.221 e. The van der Waals surface area contributed by atoms with E-state index in [9.17, 15) is 17.6 Å². The van der Waals surface area contributed by atoms with Crippen LogP contribution in [-0.2, 0) is 14.6 Å². The van der Waals surface area contributed by atoms with Crippen molar-refractivity contribution in [2.24, 2.45) is 0 Å². The summed E-state index contributed by atoms with van der Waals surface area (Å²) in [6, 6.07) is 17.4. The van der Waals surface area contributed by atoms with Crippen molar-refractivity contribution in [3.8, 4) is 11.5 Å². The number of nitrogens with one attached hydrogen (secondary N) is 1. The Morgan fingerprint density at radius 3 is 1.74 bits per heavy atom. The fourth-order valence-electron chi connectivity index (χ4n) is 2.38. The molecule has 0 unspecified atom stereocenters. The Morgan fingerprint density at radius 1 is 0.815 bits per heavy atom. The molecule has 27 heavy (non-hydrogen) atoms. The quantitative estimate of drug-likeness (QED) is 0.661. The molecule has 0 aromatic heterocycles. The maximum atomic E-state index is 13.0. The van der Waals surface area contributed by atoms with E-state index in [2.05, 4.69) is 5.32 Å². The topological polar surface area (TPSA) is 72.5 Å². The molecule has 138 valence electrons. The van der Waals surface area contributed by atoms with Crippen LogP contribution in [0.5, 0.6) is 11.5 Å². The Labute approximate surface area is 156 Å². The molecular weight excluding hydrogens is 369 g/mol. The fraction of sp³-hybridized carbons (Fsp3) is 0.0500. The van der Waals surface area contributed by atoms with Crippen LogP contribution in [0.15, 0.2) is 82.6 Å². The standard InChI is InChI=1S/C20H16FNO4S/c1-14(23)22-16-4-6-17(7-5-16)26-18-8-12-20(13-9-18)27(24,25)19-10-2-15(21)3-11-19/h2-13H,1H3,(H,22,23). The molecule has 5 nitrogen and oxygen atoms in total. The van der Waals surface area contributed by atoms with E-state index >= 15 is 0 Å². The van der Waals surface area contributed by atoms with Gasteiger partial charge in [-0.2, -0.15) is 0 Å². The zero-order valence-corrected chi connectivity index (χ0v) is 15.2. The third-order valence-corrected chi connectivity index (χ3v) is 5.45. The first-order chi connectivity index (χ1) is 12.8. The van der Waals surface area contributed by atoms with Gasteiger partial charge in [0.15, 0.2) is 0 Å². The maximum Gasteiger partial charge on any atom is 0.221 e. The number of ether oxygens (including phenoxy) is 1. The van der Waals surface area contributed by atoms with Crippen LogP contribution in [0.2, 0.25) is 0 Å². The molecular formula is C20H16FNO4S. The van der Waals surface area contributed by atoms with Gasteiger partial charge in [0, 0.05) is 12.6 Å². The Hall–Kier alpha value is -3.19. The lowest BCUT2D eigenvalue weighted by molar-refractivity contribution is -0.114. The van der Waals surface area contributed by atoms with Gasteiger partial charge >= 0.3 is 0 Å². The molecule has 0 fully saturated rings. The predicted molar refractivity (Wildman–Crippen MR) is 99.1 cm³/mol. The summed E-state index contributed by atoms with van der Waals surface area (Å²) in [5, 5.41) is 2.65. The Kier molecular flexibility index (Phi) is 5.23. The van der Waals surface area contributed by atoms with Crippen molar-refractivity contribution in [3.63, 3.8) is 0 Å². The van der Waals surface area contributed by atoms with E-state index in [0.717, 1.165) is 12.1 Å². The summed E-state index contributed by atoms with van der Waals surface area (Å²) < 4.78 is 43.7. The van der Waals surface area contributed by atoms with Gasteiger partial charge in [-0.05, 0) is 72.8 Å². The second kappa shape index (κ2) is 7.59. The molecule has 0 heterocycles. The lowest BCUT2D eigenvalue weighted by atomic mass is 10.3. The minimum Gasteiger partial charge on any atom is -0.457 e. The van der Waals surface area contributed by atoms with Crippen LogP contribution in [0.25, 0.3) is 0 Å². The third-order valence-electron chi connectivity index (χ3n) is 3.67. The molecule has 0 spiro atoms. The highest BCUT2D eigenvalue weighted by Gasteiger charge is 2.17. The number of carbonyl (C=O) groups is 1. The number of carbonyl (C=O) groups excluding carboxylic acids is 1. The molecule has 0 atom stereocenters. The molecule has 0 aliphatic carbocycles. The van der Waals surface area contributed by atoms with Gasteiger partial charge in [-0.3, -0.25) is 4.79 Å². The van der Waals surface area contributed by atoms with Crippen LogP contribution in [0.1, 0.15) is 6.92 Å². The molecule has 1 N–H and O–H groups in total. The van der Waals surface area contributed by atoms with Crippen molar-refractivity contribution in [2.45, 2.75) is 16.7 Å². The molecule has 7 heteroatoms. The minimum absolute atomic E-state index is 0.0196. The van der Waals surface area contributed by atoms with Crippen LogP contribution in [-0.4, -0.2) is 14.3 Å². The number of amides is 1. The average Bonchev–Trinajstić information content (AvgIpc) is 2.64. The lowest BCUT2D eigenvalue weighted by Crippen LogP contribution is -2.05. The molecule has 0 aliphatic rings. The van der Waals surface area contributed by atoms with Crippen LogP contribution >= 0.6 is 0 Å². The first-order valence-corrected chi connectivity index (χ1v) is 9.49. The van der Waals surface area contributed by atoms with Gasteiger partial charge in [-0.1, -0.05) is 0 Å². The monoisotopic (exact) mass is 385 g/mol. The molecule has 0 saturated heterocycles. The lowest BCUT2D eigenvalue weighted by Gasteiger charge is -2.09. The van der Waals surface area contributed by atoms with Crippen molar-refractivity contribution < 1.29 is 22.3 Å². The molecule has 0 saturated carbocycles. The summed E-state index contributed by atoms with van der Waals surface area (Å²) in [5.74, 6) is 0.336.